The third-order valence-corrected chi connectivity index (χ3v) is 4.64. The van der Waals surface area contributed by atoms with Crippen molar-refractivity contribution in [2.24, 2.45) is 0 Å². The van der Waals surface area contributed by atoms with Crippen LogP contribution in [-0.4, -0.2) is 36.4 Å². The van der Waals surface area contributed by atoms with Crippen LogP contribution >= 0.6 is 0 Å². The highest BCUT2D eigenvalue weighted by Crippen LogP contribution is 2.36. The van der Waals surface area contributed by atoms with Gasteiger partial charge >= 0.3 is 13.1 Å². The van der Waals surface area contributed by atoms with Crippen LogP contribution < -0.4 is 5.46 Å². The van der Waals surface area contributed by atoms with E-state index in [0.717, 1.165) is 10.9 Å². The van der Waals surface area contributed by atoms with Gasteiger partial charge in [0.15, 0.2) is 0 Å². The lowest BCUT2D eigenvalue weighted by atomic mass is 9.77. The number of ether oxygens (including phenoxy) is 1. The molecule has 0 unspecified atom stereocenters. The second kappa shape index (κ2) is 5.32. The lowest BCUT2D eigenvalue weighted by molar-refractivity contribution is 0.00578. The number of para-hydroxylation sites is 1. The smallest absolute Gasteiger partial charge is 0.464 e. The molecule has 6 heteroatoms. The number of pyridine rings is 1. The number of carbonyl (C=O) groups excluding carboxylic acids is 1. The molecule has 1 aromatic heterocycles. The number of rotatable bonds is 2. The molecule has 0 amide bonds. The summed E-state index contributed by atoms with van der Waals surface area (Å²) in [5, 5.41) is 0.921. The summed E-state index contributed by atoms with van der Waals surface area (Å²) in [5.41, 5.74) is 0.569. The minimum atomic E-state index is -0.661. The predicted octanol–water partition coefficient (Wildman–Crippen LogP) is 2.32. The van der Waals surface area contributed by atoms with Crippen molar-refractivity contribution in [1.82, 2.24) is 4.98 Å². The Morgan fingerprint density at radius 2 is 1.74 bits per heavy atom. The van der Waals surface area contributed by atoms with E-state index in [2.05, 4.69) is 4.98 Å². The zero-order valence-electron chi connectivity index (χ0n) is 14.0. The molecule has 2 aromatic rings. The van der Waals surface area contributed by atoms with Crippen molar-refractivity contribution in [3.05, 3.63) is 36.0 Å². The molecule has 1 aromatic carbocycles. The van der Waals surface area contributed by atoms with E-state index in [-0.39, 0.29) is 5.69 Å². The van der Waals surface area contributed by atoms with Gasteiger partial charge in [-0.1, -0.05) is 24.3 Å². The number of hydrogen-bond donors (Lipinski definition) is 0. The summed E-state index contributed by atoms with van der Waals surface area (Å²) in [6, 6.07) is 9.49. The monoisotopic (exact) mass is 313 g/mol. The van der Waals surface area contributed by atoms with Crippen molar-refractivity contribution in [2.75, 3.05) is 7.11 Å². The molecule has 120 valence electrons. The van der Waals surface area contributed by atoms with E-state index in [4.69, 9.17) is 14.0 Å². The van der Waals surface area contributed by atoms with Crippen LogP contribution in [0.4, 0.5) is 0 Å². The van der Waals surface area contributed by atoms with Gasteiger partial charge in [0, 0.05) is 5.46 Å². The van der Waals surface area contributed by atoms with Gasteiger partial charge in [0.2, 0.25) is 0 Å². The normalized spacial score (nSPS) is 19.1. The fourth-order valence-corrected chi connectivity index (χ4v) is 2.54. The number of nitrogens with zero attached hydrogens (tertiary/aromatic N) is 1. The van der Waals surface area contributed by atoms with Crippen LogP contribution in [0.15, 0.2) is 30.3 Å². The first-order chi connectivity index (χ1) is 10.7. The zero-order chi connectivity index (χ0) is 16.8. The zero-order valence-corrected chi connectivity index (χ0v) is 14.0. The molecule has 3 rings (SSSR count). The Bertz CT molecular complexity index is 756. The maximum absolute atomic E-state index is 12.2. The molecule has 1 aliphatic heterocycles. The summed E-state index contributed by atoms with van der Waals surface area (Å²) >= 11 is 0. The molecule has 1 saturated heterocycles. The van der Waals surface area contributed by atoms with Crippen LogP contribution in [-0.2, 0) is 14.0 Å². The first-order valence-electron chi connectivity index (χ1n) is 7.59. The molecule has 1 fully saturated rings. The van der Waals surface area contributed by atoms with Crippen molar-refractivity contribution in [1.29, 1.82) is 0 Å². The third-order valence-electron chi connectivity index (χ3n) is 4.64. The van der Waals surface area contributed by atoms with E-state index in [1.54, 1.807) is 0 Å². The van der Waals surface area contributed by atoms with Gasteiger partial charge in [0.25, 0.3) is 0 Å². The fraction of sp³-hybridized carbons (Fsp3) is 0.412. The predicted molar refractivity (Wildman–Crippen MR) is 88.8 cm³/mol. The molecule has 0 aliphatic carbocycles. The molecule has 0 N–H and O–H groups in total. The summed E-state index contributed by atoms with van der Waals surface area (Å²) < 4.78 is 17.0. The lowest BCUT2D eigenvalue weighted by Crippen LogP contribution is -2.41. The van der Waals surface area contributed by atoms with Gasteiger partial charge in [-0.3, -0.25) is 0 Å². The van der Waals surface area contributed by atoms with E-state index in [0.29, 0.717) is 5.46 Å². The molecule has 0 radical (unpaired) electrons. The quantitative estimate of drug-likeness (QED) is 0.629. The van der Waals surface area contributed by atoms with Gasteiger partial charge in [-0.15, -0.1) is 0 Å². The van der Waals surface area contributed by atoms with Crippen LogP contribution in [0.3, 0.4) is 0 Å². The number of benzene rings is 1. The first-order valence-corrected chi connectivity index (χ1v) is 7.59. The van der Waals surface area contributed by atoms with Crippen LogP contribution in [0, 0.1) is 0 Å². The van der Waals surface area contributed by atoms with E-state index >= 15 is 0 Å². The number of methoxy groups -OCH3 is 1. The molecule has 1 aliphatic rings. The van der Waals surface area contributed by atoms with Crippen molar-refractivity contribution in [3.8, 4) is 0 Å². The second-order valence-electron chi connectivity index (χ2n) is 6.70. The average Bonchev–Trinajstić information content (AvgIpc) is 2.73. The SMILES string of the molecule is COC(=O)c1nc2ccccc2cc1B1OC(C)(C)C(C)(C)O1. The van der Waals surface area contributed by atoms with E-state index < -0.39 is 24.3 Å². The van der Waals surface area contributed by atoms with Gasteiger partial charge in [-0.2, -0.15) is 0 Å². The third kappa shape index (κ3) is 2.62. The first kappa shape index (κ1) is 16.0. The Labute approximate surface area is 136 Å². The highest BCUT2D eigenvalue weighted by Gasteiger charge is 2.52. The van der Waals surface area contributed by atoms with Crippen molar-refractivity contribution < 1.29 is 18.8 Å². The van der Waals surface area contributed by atoms with Gasteiger partial charge in [-0.25, -0.2) is 9.78 Å². The minimum absolute atomic E-state index is 0.227. The molecule has 0 spiro atoms. The summed E-state index contributed by atoms with van der Waals surface area (Å²) in [5.74, 6) is -0.500. The Kier molecular flexibility index (Phi) is 3.69. The van der Waals surface area contributed by atoms with Crippen molar-refractivity contribution in [3.63, 3.8) is 0 Å². The topological polar surface area (TPSA) is 57.7 Å². The summed E-state index contributed by atoms with van der Waals surface area (Å²) in [6.07, 6.45) is 0. The largest absolute Gasteiger partial charge is 0.497 e. The van der Waals surface area contributed by atoms with E-state index in [1.165, 1.54) is 7.11 Å². The number of fused-ring (bicyclic) bond motifs is 1. The van der Waals surface area contributed by atoms with Crippen LogP contribution in [0.2, 0.25) is 0 Å². The Balaban J connectivity index is 2.14. The number of aromatic nitrogens is 1. The minimum Gasteiger partial charge on any atom is -0.464 e. The van der Waals surface area contributed by atoms with Gasteiger partial charge in [0.1, 0.15) is 5.69 Å². The Hall–Kier alpha value is -1.92. The van der Waals surface area contributed by atoms with Crippen LogP contribution in [0.1, 0.15) is 38.2 Å². The molecule has 0 bridgehead atoms. The van der Waals surface area contributed by atoms with E-state index in [9.17, 15) is 4.79 Å². The summed E-state index contributed by atoms with van der Waals surface area (Å²) in [6.45, 7) is 7.89. The van der Waals surface area contributed by atoms with Gasteiger partial charge in [0.05, 0.1) is 23.8 Å². The Morgan fingerprint density at radius 3 is 2.35 bits per heavy atom. The summed E-state index contributed by atoms with van der Waals surface area (Å²) in [7, 11) is 0.680. The van der Waals surface area contributed by atoms with Gasteiger partial charge < -0.3 is 14.0 Å². The fourth-order valence-electron chi connectivity index (χ4n) is 2.54. The van der Waals surface area contributed by atoms with Gasteiger partial charge in [-0.05, 0) is 39.1 Å². The lowest BCUT2D eigenvalue weighted by Gasteiger charge is -2.32. The summed E-state index contributed by atoms with van der Waals surface area (Å²) in [4.78, 5) is 16.6. The molecular formula is C17H20BNO4. The molecule has 0 saturated carbocycles. The number of carbonyl (C=O) groups is 1. The van der Waals surface area contributed by atoms with Crippen molar-refractivity contribution >= 4 is 29.5 Å². The molecule has 23 heavy (non-hydrogen) atoms. The molecular weight excluding hydrogens is 293 g/mol. The Morgan fingerprint density at radius 1 is 1.13 bits per heavy atom. The van der Waals surface area contributed by atoms with Crippen LogP contribution in [0.5, 0.6) is 0 Å². The van der Waals surface area contributed by atoms with E-state index in [1.807, 2.05) is 58.0 Å². The number of hydrogen-bond acceptors (Lipinski definition) is 5. The molecule has 2 heterocycles. The standard InChI is InChI=1S/C17H20BNO4/c1-16(2)17(3,4)23-18(22-16)12-10-11-8-6-7-9-13(11)19-14(12)15(20)21-5/h6-10H,1-5H3. The van der Waals surface area contributed by atoms with Crippen LogP contribution in [0.25, 0.3) is 10.9 Å². The average molecular weight is 313 g/mol. The highest BCUT2D eigenvalue weighted by atomic mass is 16.7. The number of esters is 1. The second-order valence-corrected chi connectivity index (χ2v) is 6.70. The maximum Gasteiger partial charge on any atom is 0.497 e. The maximum atomic E-state index is 12.2. The highest BCUT2D eigenvalue weighted by molar-refractivity contribution is 6.63. The molecule has 0 atom stereocenters. The van der Waals surface area contributed by atoms with Crippen molar-refractivity contribution in [2.45, 2.75) is 38.9 Å². The molecule has 5 nitrogen and oxygen atoms in total.